The lowest BCUT2D eigenvalue weighted by molar-refractivity contribution is -0.134. The molecule has 1 aromatic rings. The standard InChI is InChI=1S/C18H24FN3O2/c19-15-5-7-16(8-6-15)21-9-11-22(12-10-21)17(23)13-20-18(24)14-3-1-2-4-14/h5-8,14H,1-4,9-13H2,(H,20,24). The first kappa shape index (κ1) is 16.7. The normalized spacial score (nSPS) is 18.7. The van der Waals surface area contributed by atoms with Crippen LogP contribution in [0.15, 0.2) is 24.3 Å². The number of benzene rings is 1. The highest BCUT2D eigenvalue weighted by molar-refractivity contribution is 5.86. The van der Waals surface area contributed by atoms with Gasteiger partial charge in [-0.05, 0) is 37.1 Å². The summed E-state index contributed by atoms with van der Waals surface area (Å²) in [4.78, 5) is 28.2. The van der Waals surface area contributed by atoms with Gasteiger partial charge in [-0.25, -0.2) is 4.39 Å². The van der Waals surface area contributed by atoms with Crippen LogP contribution in [0.25, 0.3) is 0 Å². The van der Waals surface area contributed by atoms with E-state index in [-0.39, 0.29) is 30.1 Å². The summed E-state index contributed by atoms with van der Waals surface area (Å²) in [6.45, 7) is 2.76. The largest absolute Gasteiger partial charge is 0.368 e. The maximum absolute atomic E-state index is 13.0. The first-order chi connectivity index (χ1) is 11.6. The van der Waals surface area contributed by atoms with Crippen LogP contribution in [0.5, 0.6) is 0 Å². The smallest absolute Gasteiger partial charge is 0.242 e. The number of piperazine rings is 1. The molecule has 0 spiro atoms. The zero-order valence-corrected chi connectivity index (χ0v) is 13.8. The Morgan fingerprint density at radius 1 is 1.04 bits per heavy atom. The maximum Gasteiger partial charge on any atom is 0.242 e. The molecule has 1 saturated carbocycles. The van der Waals surface area contributed by atoms with Crippen molar-refractivity contribution in [2.45, 2.75) is 25.7 Å². The summed E-state index contributed by atoms with van der Waals surface area (Å²) in [5.41, 5.74) is 0.970. The average molecular weight is 333 g/mol. The van der Waals surface area contributed by atoms with Crippen molar-refractivity contribution in [3.63, 3.8) is 0 Å². The summed E-state index contributed by atoms with van der Waals surface area (Å²) < 4.78 is 13.0. The van der Waals surface area contributed by atoms with E-state index < -0.39 is 0 Å². The van der Waals surface area contributed by atoms with E-state index in [0.717, 1.165) is 31.4 Å². The van der Waals surface area contributed by atoms with Crippen LogP contribution in [-0.4, -0.2) is 49.4 Å². The molecule has 1 aromatic carbocycles. The zero-order chi connectivity index (χ0) is 16.9. The Bertz CT molecular complexity index is 576. The van der Waals surface area contributed by atoms with Crippen LogP contribution in [0.2, 0.25) is 0 Å². The minimum Gasteiger partial charge on any atom is -0.368 e. The Morgan fingerprint density at radius 3 is 2.29 bits per heavy atom. The Kier molecular flexibility index (Phi) is 5.33. The highest BCUT2D eigenvalue weighted by atomic mass is 19.1. The Morgan fingerprint density at radius 2 is 1.67 bits per heavy atom. The molecule has 0 bridgehead atoms. The Balaban J connectivity index is 1.43. The third-order valence-corrected chi connectivity index (χ3v) is 4.96. The lowest BCUT2D eigenvalue weighted by Gasteiger charge is -2.36. The number of nitrogens with zero attached hydrogens (tertiary/aromatic N) is 2. The van der Waals surface area contributed by atoms with Crippen LogP contribution >= 0.6 is 0 Å². The fourth-order valence-electron chi connectivity index (χ4n) is 3.47. The number of hydrogen-bond donors (Lipinski definition) is 1. The van der Waals surface area contributed by atoms with E-state index in [2.05, 4.69) is 10.2 Å². The SMILES string of the molecule is O=C(NCC(=O)N1CCN(c2ccc(F)cc2)CC1)C1CCCC1. The molecule has 2 fully saturated rings. The van der Waals surface area contributed by atoms with Crippen molar-refractivity contribution in [3.8, 4) is 0 Å². The van der Waals surface area contributed by atoms with Crippen molar-refractivity contribution in [2.75, 3.05) is 37.6 Å². The summed E-state index contributed by atoms with van der Waals surface area (Å²) >= 11 is 0. The molecule has 130 valence electrons. The fourth-order valence-corrected chi connectivity index (χ4v) is 3.47. The van der Waals surface area contributed by atoms with Gasteiger partial charge in [0.1, 0.15) is 5.82 Å². The Labute approximate surface area is 141 Å². The van der Waals surface area contributed by atoms with E-state index in [9.17, 15) is 14.0 Å². The van der Waals surface area contributed by atoms with Crippen LogP contribution in [-0.2, 0) is 9.59 Å². The van der Waals surface area contributed by atoms with E-state index in [0.29, 0.717) is 26.2 Å². The van der Waals surface area contributed by atoms with Crippen LogP contribution in [0.4, 0.5) is 10.1 Å². The molecular formula is C18H24FN3O2. The van der Waals surface area contributed by atoms with Gasteiger partial charge in [0, 0.05) is 37.8 Å². The fraction of sp³-hybridized carbons (Fsp3) is 0.556. The quantitative estimate of drug-likeness (QED) is 0.914. The van der Waals surface area contributed by atoms with Gasteiger partial charge in [-0.2, -0.15) is 0 Å². The summed E-state index contributed by atoms with van der Waals surface area (Å²) in [5.74, 6) is -0.162. The van der Waals surface area contributed by atoms with Crippen molar-refractivity contribution in [1.82, 2.24) is 10.2 Å². The van der Waals surface area contributed by atoms with Crippen molar-refractivity contribution in [1.29, 1.82) is 0 Å². The van der Waals surface area contributed by atoms with Crippen molar-refractivity contribution in [3.05, 3.63) is 30.1 Å². The van der Waals surface area contributed by atoms with Crippen LogP contribution < -0.4 is 10.2 Å². The average Bonchev–Trinajstić information content (AvgIpc) is 3.15. The summed E-state index contributed by atoms with van der Waals surface area (Å²) in [7, 11) is 0. The molecule has 1 aliphatic heterocycles. The lowest BCUT2D eigenvalue weighted by Crippen LogP contribution is -2.51. The van der Waals surface area contributed by atoms with E-state index in [4.69, 9.17) is 0 Å². The number of anilines is 1. The second-order valence-corrected chi connectivity index (χ2v) is 6.54. The van der Waals surface area contributed by atoms with Crippen LogP contribution in [0, 0.1) is 11.7 Å². The predicted molar refractivity (Wildman–Crippen MR) is 90.2 cm³/mol. The molecule has 24 heavy (non-hydrogen) atoms. The van der Waals surface area contributed by atoms with Gasteiger partial charge in [-0.3, -0.25) is 9.59 Å². The topological polar surface area (TPSA) is 52.7 Å². The maximum atomic E-state index is 13.0. The summed E-state index contributed by atoms with van der Waals surface area (Å²) in [6, 6.07) is 6.42. The monoisotopic (exact) mass is 333 g/mol. The number of nitrogens with one attached hydrogen (secondary N) is 1. The van der Waals surface area contributed by atoms with Crippen LogP contribution in [0.1, 0.15) is 25.7 Å². The molecule has 0 aromatic heterocycles. The van der Waals surface area contributed by atoms with Crippen molar-refractivity contribution >= 4 is 17.5 Å². The second kappa shape index (κ2) is 7.64. The molecule has 3 rings (SSSR count). The highest BCUT2D eigenvalue weighted by Crippen LogP contribution is 2.24. The number of halogens is 1. The van der Waals surface area contributed by atoms with Gasteiger partial charge in [0.25, 0.3) is 0 Å². The van der Waals surface area contributed by atoms with E-state index in [1.807, 2.05) is 0 Å². The molecule has 0 atom stereocenters. The van der Waals surface area contributed by atoms with Crippen molar-refractivity contribution in [2.24, 2.45) is 5.92 Å². The van der Waals surface area contributed by atoms with Gasteiger partial charge in [0.2, 0.25) is 11.8 Å². The second-order valence-electron chi connectivity index (χ2n) is 6.54. The predicted octanol–water partition coefficient (Wildman–Crippen LogP) is 1.78. The minimum atomic E-state index is -0.245. The molecular weight excluding hydrogens is 309 g/mol. The highest BCUT2D eigenvalue weighted by Gasteiger charge is 2.25. The third kappa shape index (κ3) is 4.04. The molecule has 1 heterocycles. The lowest BCUT2D eigenvalue weighted by atomic mass is 10.1. The van der Waals surface area contributed by atoms with E-state index in [1.54, 1.807) is 17.0 Å². The number of hydrogen-bond acceptors (Lipinski definition) is 3. The van der Waals surface area contributed by atoms with Crippen LogP contribution in [0.3, 0.4) is 0 Å². The summed E-state index contributed by atoms with van der Waals surface area (Å²) in [6.07, 6.45) is 4.10. The van der Waals surface area contributed by atoms with Crippen molar-refractivity contribution < 1.29 is 14.0 Å². The molecule has 0 unspecified atom stereocenters. The van der Waals surface area contributed by atoms with Gasteiger partial charge in [-0.1, -0.05) is 12.8 Å². The molecule has 2 amide bonds. The molecule has 5 nitrogen and oxygen atoms in total. The van der Waals surface area contributed by atoms with Gasteiger partial charge < -0.3 is 15.1 Å². The minimum absolute atomic E-state index is 0.0193. The molecule has 1 saturated heterocycles. The van der Waals surface area contributed by atoms with E-state index in [1.165, 1.54) is 12.1 Å². The molecule has 6 heteroatoms. The van der Waals surface area contributed by atoms with Gasteiger partial charge >= 0.3 is 0 Å². The number of amides is 2. The number of carbonyl (C=O) groups excluding carboxylic acids is 2. The Hall–Kier alpha value is -2.11. The molecule has 2 aliphatic rings. The summed E-state index contributed by atoms with van der Waals surface area (Å²) in [5, 5.41) is 2.79. The first-order valence-corrected chi connectivity index (χ1v) is 8.69. The molecule has 1 N–H and O–H groups in total. The van der Waals surface area contributed by atoms with Gasteiger partial charge in [-0.15, -0.1) is 0 Å². The molecule has 0 radical (unpaired) electrons. The number of rotatable bonds is 4. The van der Waals surface area contributed by atoms with E-state index >= 15 is 0 Å². The molecule has 1 aliphatic carbocycles. The zero-order valence-electron chi connectivity index (χ0n) is 13.8. The van der Waals surface area contributed by atoms with Gasteiger partial charge in [0.05, 0.1) is 6.54 Å². The number of carbonyl (C=O) groups is 2. The first-order valence-electron chi connectivity index (χ1n) is 8.69. The third-order valence-electron chi connectivity index (χ3n) is 4.96. The van der Waals surface area contributed by atoms with Gasteiger partial charge in [0.15, 0.2) is 0 Å².